The van der Waals surface area contributed by atoms with Crippen LogP contribution in [0, 0.1) is 5.41 Å². The molecule has 0 aliphatic carbocycles. The Morgan fingerprint density at radius 1 is 1.15 bits per heavy atom. The maximum atomic E-state index is 6.17. The molecule has 2 unspecified atom stereocenters. The molecule has 0 saturated carbocycles. The average Bonchev–Trinajstić information content (AvgIpc) is 2.64. The first kappa shape index (κ1) is 19.9. The summed E-state index contributed by atoms with van der Waals surface area (Å²) in [6.45, 7) is 5.69. The van der Waals surface area contributed by atoms with Crippen LogP contribution < -0.4 is 5.32 Å². The SMILES string of the molecule is CSC(=S)C1(c2ccc(Cl)cc2)CCNC(Cc2ccccc2)C1(C)C. The fourth-order valence-corrected chi connectivity index (χ4v) is 5.83. The molecule has 1 saturated heterocycles. The van der Waals surface area contributed by atoms with Crippen molar-refractivity contribution < 1.29 is 0 Å². The van der Waals surface area contributed by atoms with E-state index in [2.05, 4.69) is 67.9 Å². The summed E-state index contributed by atoms with van der Waals surface area (Å²) in [5, 5.41) is 4.55. The maximum Gasteiger partial charge on any atom is 0.0588 e. The summed E-state index contributed by atoms with van der Waals surface area (Å²) in [6.07, 6.45) is 4.11. The van der Waals surface area contributed by atoms with Crippen molar-refractivity contribution in [1.29, 1.82) is 0 Å². The molecule has 1 aliphatic heterocycles. The van der Waals surface area contributed by atoms with E-state index in [-0.39, 0.29) is 10.8 Å². The Kier molecular flexibility index (Phi) is 6.13. The number of nitrogens with one attached hydrogen (secondary N) is 1. The van der Waals surface area contributed by atoms with Crippen molar-refractivity contribution in [2.75, 3.05) is 12.8 Å². The van der Waals surface area contributed by atoms with Gasteiger partial charge in [-0.2, -0.15) is 0 Å². The van der Waals surface area contributed by atoms with Crippen molar-refractivity contribution in [3.05, 3.63) is 70.7 Å². The van der Waals surface area contributed by atoms with Crippen molar-refractivity contribution >= 4 is 39.8 Å². The fourth-order valence-electron chi connectivity index (χ4n) is 4.39. The van der Waals surface area contributed by atoms with E-state index in [4.69, 9.17) is 23.8 Å². The number of thioether (sulfide) groups is 1. The zero-order chi connectivity index (χ0) is 18.8. The van der Waals surface area contributed by atoms with Crippen LogP contribution in [0.1, 0.15) is 31.4 Å². The van der Waals surface area contributed by atoms with Crippen molar-refractivity contribution in [2.24, 2.45) is 5.41 Å². The van der Waals surface area contributed by atoms with Gasteiger partial charge in [-0.05, 0) is 54.3 Å². The Morgan fingerprint density at radius 3 is 2.42 bits per heavy atom. The quantitative estimate of drug-likeness (QED) is 0.638. The van der Waals surface area contributed by atoms with E-state index in [1.807, 2.05) is 12.1 Å². The van der Waals surface area contributed by atoms with Gasteiger partial charge >= 0.3 is 0 Å². The van der Waals surface area contributed by atoms with Crippen molar-refractivity contribution in [3.8, 4) is 0 Å². The van der Waals surface area contributed by atoms with Crippen LogP contribution in [0.3, 0.4) is 0 Å². The van der Waals surface area contributed by atoms with E-state index in [0.717, 1.165) is 28.6 Å². The molecule has 0 aromatic heterocycles. The Labute approximate surface area is 171 Å². The maximum absolute atomic E-state index is 6.17. The standard InChI is InChI=1S/C22H26ClNS2/c1-21(2)19(15-16-7-5-4-6-8-16)24-14-13-22(21,20(25)26-3)17-9-11-18(23)12-10-17/h4-12,19,24H,13-15H2,1-3H3. The summed E-state index contributed by atoms with van der Waals surface area (Å²) < 4.78 is 1.07. The Morgan fingerprint density at radius 2 is 1.81 bits per heavy atom. The first-order valence-corrected chi connectivity index (χ1v) is 11.0. The predicted molar refractivity (Wildman–Crippen MR) is 120 cm³/mol. The number of hydrogen-bond donors (Lipinski definition) is 1. The summed E-state index contributed by atoms with van der Waals surface area (Å²) in [6, 6.07) is 19.4. The molecule has 2 aromatic rings. The lowest BCUT2D eigenvalue weighted by atomic mass is 9.55. The van der Waals surface area contributed by atoms with Gasteiger partial charge in [0.15, 0.2) is 0 Å². The van der Waals surface area contributed by atoms with Gasteiger partial charge in [0.2, 0.25) is 0 Å². The lowest BCUT2D eigenvalue weighted by molar-refractivity contribution is 0.108. The molecule has 138 valence electrons. The largest absolute Gasteiger partial charge is 0.313 e. The van der Waals surface area contributed by atoms with E-state index < -0.39 is 0 Å². The minimum atomic E-state index is -0.156. The molecule has 26 heavy (non-hydrogen) atoms. The van der Waals surface area contributed by atoms with Crippen molar-refractivity contribution in [3.63, 3.8) is 0 Å². The van der Waals surface area contributed by atoms with Crippen LogP contribution in [0.4, 0.5) is 0 Å². The number of piperidine rings is 1. The molecule has 3 rings (SSSR count). The van der Waals surface area contributed by atoms with Gasteiger partial charge in [0.05, 0.1) is 4.20 Å². The monoisotopic (exact) mass is 403 g/mol. The van der Waals surface area contributed by atoms with Crippen LogP contribution in [0.25, 0.3) is 0 Å². The number of hydrogen-bond acceptors (Lipinski definition) is 3. The van der Waals surface area contributed by atoms with Gasteiger partial charge in [0, 0.05) is 16.5 Å². The number of thiocarbonyl (C=S) groups is 1. The highest BCUT2D eigenvalue weighted by atomic mass is 35.5. The molecule has 4 heteroatoms. The Bertz CT molecular complexity index is 757. The molecule has 0 radical (unpaired) electrons. The average molecular weight is 404 g/mol. The van der Waals surface area contributed by atoms with Crippen LogP contribution in [0.15, 0.2) is 54.6 Å². The second-order valence-corrected chi connectivity index (χ2v) is 9.49. The van der Waals surface area contributed by atoms with Crippen LogP contribution >= 0.6 is 35.6 Å². The molecule has 0 bridgehead atoms. The zero-order valence-corrected chi connectivity index (χ0v) is 18.0. The van der Waals surface area contributed by atoms with Crippen LogP contribution in [0.2, 0.25) is 5.02 Å². The minimum Gasteiger partial charge on any atom is -0.313 e. The summed E-state index contributed by atoms with van der Waals surface area (Å²) in [5.41, 5.74) is 2.46. The molecule has 2 aromatic carbocycles. The summed E-state index contributed by atoms with van der Waals surface area (Å²) >= 11 is 13.8. The van der Waals surface area contributed by atoms with Gasteiger partial charge in [0.25, 0.3) is 0 Å². The number of rotatable bonds is 4. The van der Waals surface area contributed by atoms with Gasteiger partial charge in [-0.3, -0.25) is 0 Å². The van der Waals surface area contributed by atoms with Gasteiger partial charge in [-0.25, -0.2) is 0 Å². The third-order valence-electron chi connectivity index (χ3n) is 6.02. The highest BCUT2D eigenvalue weighted by Gasteiger charge is 2.54. The molecule has 1 heterocycles. The van der Waals surface area contributed by atoms with E-state index in [1.54, 1.807) is 11.8 Å². The Hall–Kier alpha value is -0.870. The topological polar surface area (TPSA) is 12.0 Å². The van der Waals surface area contributed by atoms with Gasteiger partial charge in [-0.1, -0.05) is 80.1 Å². The molecule has 0 amide bonds. The Balaban J connectivity index is 2.05. The smallest absolute Gasteiger partial charge is 0.0588 e. The molecular weight excluding hydrogens is 378 g/mol. The second kappa shape index (κ2) is 8.02. The lowest BCUT2D eigenvalue weighted by Crippen LogP contribution is -2.63. The van der Waals surface area contributed by atoms with Crippen molar-refractivity contribution in [1.82, 2.24) is 5.32 Å². The molecular formula is C22H26ClNS2. The molecule has 0 spiro atoms. The number of halogens is 1. The van der Waals surface area contributed by atoms with E-state index in [0.29, 0.717) is 6.04 Å². The highest BCUT2D eigenvalue weighted by Crippen LogP contribution is 2.52. The second-order valence-electron chi connectivity index (χ2n) is 7.57. The van der Waals surface area contributed by atoms with Crippen LogP contribution in [-0.4, -0.2) is 23.0 Å². The normalized spacial score (nSPS) is 25.0. The zero-order valence-electron chi connectivity index (χ0n) is 15.6. The fraction of sp³-hybridized carbons (Fsp3) is 0.409. The lowest BCUT2D eigenvalue weighted by Gasteiger charge is -2.55. The molecule has 1 nitrogen and oxygen atoms in total. The van der Waals surface area contributed by atoms with Gasteiger partial charge in [-0.15, -0.1) is 11.8 Å². The number of benzene rings is 2. The predicted octanol–water partition coefficient (Wildman–Crippen LogP) is 5.90. The first-order valence-electron chi connectivity index (χ1n) is 9.03. The summed E-state index contributed by atoms with van der Waals surface area (Å²) in [4.78, 5) is 0. The van der Waals surface area contributed by atoms with Crippen molar-refractivity contribution in [2.45, 2.75) is 38.1 Å². The van der Waals surface area contributed by atoms with E-state index >= 15 is 0 Å². The van der Waals surface area contributed by atoms with E-state index in [1.165, 1.54) is 11.1 Å². The first-order chi connectivity index (χ1) is 12.4. The van der Waals surface area contributed by atoms with Crippen LogP contribution in [0.5, 0.6) is 0 Å². The molecule has 2 atom stereocenters. The van der Waals surface area contributed by atoms with Gasteiger partial charge < -0.3 is 5.32 Å². The summed E-state index contributed by atoms with van der Waals surface area (Å²) in [5.74, 6) is 0. The summed E-state index contributed by atoms with van der Waals surface area (Å²) in [7, 11) is 0. The minimum absolute atomic E-state index is 0.0327. The molecule has 1 fully saturated rings. The van der Waals surface area contributed by atoms with Crippen LogP contribution in [-0.2, 0) is 11.8 Å². The third-order valence-corrected chi connectivity index (χ3v) is 7.84. The highest BCUT2D eigenvalue weighted by molar-refractivity contribution is 8.22. The molecule has 1 aliphatic rings. The van der Waals surface area contributed by atoms with E-state index in [9.17, 15) is 0 Å². The van der Waals surface area contributed by atoms with Gasteiger partial charge in [0.1, 0.15) is 0 Å². The molecule has 1 N–H and O–H groups in total. The third kappa shape index (κ3) is 3.47.